The number of carboxylic acid groups (broad SMARTS) is 1. The molecule has 2 N–H and O–H groups in total. The number of fused-ring (bicyclic) bond motifs is 2. The first-order valence-corrected chi connectivity index (χ1v) is 14.1. The number of amides is 1. The van der Waals surface area contributed by atoms with Gasteiger partial charge in [0.05, 0.1) is 36.7 Å². The van der Waals surface area contributed by atoms with E-state index >= 15 is 0 Å². The van der Waals surface area contributed by atoms with Crippen LogP contribution in [0.5, 0.6) is 11.5 Å². The number of aliphatic hydroxyl groups excluding tert-OH is 1. The maximum atomic E-state index is 13.1. The minimum absolute atomic E-state index is 0.102. The summed E-state index contributed by atoms with van der Waals surface area (Å²) in [7, 11) is 1.53. The molecule has 1 unspecified atom stereocenters. The third-order valence-corrected chi connectivity index (χ3v) is 9.23. The molecule has 206 valence electrons. The molecule has 4 atom stereocenters. The molecule has 0 saturated carbocycles. The van der Waals surface area contributed by atoms with Gasteiger partial charge in [0.15, 0.2) is 0 Å². The average Bonchev–Trinajstić information content (AvgIpc) is 3.53. The summed E-state index contributed by atoms with van der Waals surface area (Å²) in [6.45, 7) is 3.26. The number of methoxy groups -OCH3 is 1. The molecule has 39 heavy (non-hydrogen) atoms. The standard InChI is InChI=1S/C26H27N3O8S2/c1-13(30)17-20-26(2,9-10-36-25(34)37-15-7-5-14(35-3)6-8-15)18(19(24(32)33)29(20)22(17)31)16-11-28-12-27-21(38-4)23(28)39-16/h5-8,11-13,17,20,30H,9-10H2,1-4H3,(H,32,33)/t13-,17-,20-,26?/m1/s1. The number of rotatable bonds is 9. The number of carboxylic acids is 1. The zero-order valence-electron chi connectivity index (χ0n) is 21.6. The van der Waals surface area contributed by atoms with Gasteiger partial charge in [-0.2, -0.15) is 0 Å². The summed E-state index contributed by atoms with van der Waals surface area (Å²) < 4.78 is 17.5. The van der Waals surface area contributed by atoms with E-state index in [9.17, 15) is 24.6 Å². The lowest BCUT2D eigenvalue weighted by molar-refractivity contribution is -0.167. The molecule has 3 aromatic rings. The molecule has 2 aliphatic heterocycles. The summed E-state index contributed by atoms with van der Waals surface area (Å²) in [5, 5.41) is 21.5. The SMILES string of the molecule is COc1ccc(OC(=O)OCCC2(C)C(c3cn4cnc(SC)c4s3)=C(C(=O)O)N3C(=O)[C@H]([C@@H](C)O)[C@@H]32)cc1. The Labute approximate surface area is 232 Å². The lowest BCUT2D eigenvalue weighted by Crippen LogP contribution is -2.66. The van der Waals surface area contributed by atoms with Crippen molar-refractivity contribution >= 4 is 51.5 Å². The van der Waals surface area contributed by atoms with E-state index in [0.717, 1.165) is 9.86 Å². The Morgan fingerprint density at radius 3 is 2.56 bits per heavy atom. The van der Waals surface area contributed by atoms with Crippen LogP contribution in [0, 0.1) is 11.3 Å². The van der Waals surface area contributed by atoms with E-state index in [1.165, 1.54) is 42.0 Å². The Hall–Kier alpha value is -3.55. The Morgan fingerprint density at radius 1 is 1.26 bits per heavy atom. The molecule has 1 saturated heterocycles. The number of aliphatic carboxylic acids is 1. The number of carbonyl (C=O) groups excluding carboxylic acids is 2. The van der Waals surface area contributed by atoms with Crippen LogP contribution in [0.3, 0.4) is 0 Å². The summed E-state index contributed by atoms with van der Waals surface area (Å²) >= 11 is 2.85. The zero-order chi connectivity index (χ0) is 28.1. The molecule has 1 fully saturated rings. The largest absolute Gasteiger partial charge is 0.513 e. The lowest BCUT2D eigenvalue weighted by Gasteiger charge is -2.50. The van der Waals surface area contributed by atoms with Crippen molar-refractivity contribution in [3.8, 4) is 11.5 Å². The monoisotopic (exact) mass is 573 g/mol. The third kappa shape index (κ3) is 4.43. The van der Waals surface area contributed by atoms with Gasteiger partial charge in [-0.05, 0) is 43.9 Å². The molecule has 4 heterocycles. The van der Waals surface area contributed by atoms with Gasteiger partial charge in [0, 0.05) is 17.2 Å². The molecule has 13 heteroatoms. The quantitative estimate of drug-likeness (QED) is 0.168. The van der Waals surface area contributed by atoms with Gasteiger partial charge in [-0.15, -0.1) is 23.1 Å². The molecule has 0 bridgehead atoms. The Bertz CT molecular complexity index is 1480. The topological polar surface area (TPSA) is 140 Å². The van der Waals surface area contributed by atoms with Crippen LogP contribution in [0.2, 0.25) is 0 Å². The zero-order valence-corrected chi connectivity index (χ0v) is 23.2. The number of aliphatic hydroxyl groups is 1. The van der Waals surface area contributed by atoms with Crippen molar-refractivity contribution in [2.45, 2.75) is 37.4 Å². The summed E-state index contributed by atoms with van der Waals surface area (Å²) in [5.41, 5.74) is -0.600. The van der Waals surface area contributed by atoms with Crippen LogP contribution in [0.25, 0.3) is 10.4 Å². The van der Waals surface area contributed by atoms with Crippen molar-refractivity contribution in [3.63, 3.8) is 0 Å². The molecule has 1 aromatic carbocycles. The van der Waals surface area contributed by atoms with Crippen LogP contribution >= 0.6 is 23.1 Å². The smallest absolute Gasteiger partial charge is 0.497 e. The van der Waals surface area contributed by atoms with Gasteiger partial charge in [0.1, 0.15) is 33.4 Å². The molecular weight excluding hydrogens is 546 g/mol. The fraction of sp³-hybridized carbons (Fsp3) is 0.385. The molecule has 0 spiro atoms. The number of hydrogen-bond acceptors (Lipinski definition) is 10. The number of imidazole rings is 1. The van der Waals surface area contributed by atoms with Crippen LogP contribution in [0.4, 0.5) is 4.79 Å². The highest BCUT2D eigenvalue weighted by Gasteiger charge is 2.66. The first-order valence-electron chi connectivity index (χ1n) is 12.1. The number of β-lactam (4-membered cyclic amide) rings is 1. The molecule has 2 aliphatic rings. The van der Waals surface area contributed by atoms with E-state index in [4.69, 9.17) is 14.2 Å². The number of nitrogens with zero attached hydrogens (tertiary/aromatic N) is 3. The number of hydrogen-bond donors (Lipinski definition) is 2. The summed E-state index contributed by atoms with van der Waals surface area (Å²) in [5.74, 6) is -1.58. The molecule has 0 aliphatic carbocycles. The van der Waals surface area contributed by atoms with Crippen molar-refractivity contribution in [1.82, 2.24) is 14.3 Å². The number of thiazole rings is 1. The van der Waals surface area contributed by atoms with Crippen LogP contribution in [-0.2, 0) is 14.3 Å². The number of benzene rings is 1. The second-order valence-electron chi connectivity index (χ2n) is 9.55. The van der Waals surface area contributed by atoms with E-state index in [1.54, 1.807) is 36.8 Å². The van der Waals surface area contributed by atoms with Crippen molar-refractivity contribution in [1.29, 1.82) is 0 Å². The van der Waals surface area contributed by atoms with Gasteiger partial charge < -0.3 is 29.3 Å². The number of aromatic nitrogens is 2. The van der Waals surface area contributed by atoms with Gasteiger partial charge >= 0.3 is 12.1 Å². The average molecular weight is 574 g/mol. The van der Waals surface area contributed by atoms with E-state index in [2.05, 4.69) is 4.98 Å². The van der Waals surface area contributed by atoms with E-state index in [1.807, 2.05) is 17.6 Å². The van der Waals surface area contributed by atoms with Gasteiger partial charge in [0.25, 0.3) is 0 Å². The van der Waals surface area contributed by atoms with E-state index in [0.29, 0.717) is 16.2 Å². The van der Waals surface area contributed by atoms with Crippen LogP contribution in [0.15, 0.2) is 47.5 Å². The van der Waals surface area contributed by atoms with Gasteiger partial charge in [0.2, 0.25) is 5.91 Å². The summed E-state index contributed by atoms with van der Waals surface area (Å²) in [6.07, 6.45) is 3.65. The van der Waals surface area contributed by atoms with Crippen LogP contribution in [0.1, 0.15) is 25.1 Å². The fourth-order valence-electron chi connectivity index (χ4n) is 5.48. The summed E-state index contributed by atoms with van der Waals surface area (Å²) in [4.78, 5) is 45.2. The van der Waals surface area contributed by atoms with Crippen molar-refractivity contribution in [2.24, 2.45) is 11.3 Å². The maximum absolute atomic E-state index is 13.1. The maximum Gasteiger partial charge on any atom is 0.513 e. The van der Waals surface area contributed by atoms with Gasteiger partial charge in [-0.25, -0.2) is 14.6 Å². The second kappa shape index (κ2) is 10.2. The molecule has 2 aromatic heterocycles. The fourth-order valence-corrected chi connectivity index (χ4v) is 7.44. The van der Waals surface area contributed by atoms with E-state index in [-0.39, 0.29) is 24.5 Å². The van der Waals surface area contributed by atoms with Crippen molar-refractivity contribution in [2.75, 3.05) is 20.0 Å². The molecule has 5 rings (SSSR count). The van der Waals surface area contributed by atoms with Gasteiger partial charge in [-0.3, -0.25) is 9.20 Å². The van der Waals surface area contributed by atoms with Crippen molar-refractivity contribution in [3.05, 3.63) is 47.4 Å². The Balaban J connectivity index is 1.45. The summed E-state index contributed by atoms with van der Waals surface area (Å²) in [6, 6.07) is 5.81. The number of carbonyl (C=O) groups is 3. The molecule has 11 nitrogen and oxygen atoms in total. The molecule has 1 amide bonds. The third-order valence-electron chi connectivity index (χ3n) is 7.29. The lowest BCUT2D eigenvalue weighted by atomic mass is 9.66. The second-order valence-corrected chi connectivity index (χ2v) is 11.4. The normalized spacial score (nSPS) is 23.0. The first kappa shape index (κ1) is 27.0. The van der Waals surface area contributed by atoms with Crippen LogP contribution in [-0.4, -0.2) is 74.6 Å². The number of ether oxygens (including phenoxy) is 3. The predicted octanol–water partition coefficient (Wildman–Crippen LogP) is 3.76. The number of thioether (sulfide) groups is 1. The van der Waals surface area contributed by atoms with Crippen molar-refractivity contribution < 1.29 is 38.8 Å². The Morgan fingerprint density at radius 2 is 1.95 bits per heavy atom. The highest BCUT2D eigenvalue weighted by molar-refractivity contribution is 7.98. The Kier molecular flexibility index (Phi) is 7.08. The first-order chi connectivity index (χ1) is 18.6. The van der Waals surface area contributed by atoms with Crippen LogP contribution < -0.4 is 9.47 Å². The minimum atomic E-state index is -1.24. The molecule has 0 radical (unpaired) electrons. The highest BCUT2D eigenvalue weighted by atomic mass is 32.2. The predicted molar refractivity (Wildman–Crippen MR) is 143 cm³/mol. The van der Waals surface area contributed by atoms with E-state index < -0.39 is 41.5 Å². The minimum Gasteiger partial charge on any atom is -0.497 e. The van der Waals surface area contributed by atoms with Gasteiger partial charge in [-0.1, -0.05) is 6.92 Å². The highest BCUT2D eigenvalue weighted by Crippen LogP contribution is 2.60. The molecular formula is C26H27N3O8S2.